The van der Waals surface area contributed by atoms with Gasteiger partial charge in [0, 0.05) is 31.7 Å². The number of hydrogen-bond donors (Lipinski definition) is 0. The second kappa shape index (κ2) is 7.56. The average molecular weight is 355 g/mol. The van der Waals surface area contributed by atoms with Crippen molar-refractivity contribution in [3.8, 4) is 0 Å². The lowest BCUT2D eigenvalue weighted by atomic mass is 10.2. The van der Waals surface area contributed by atoms with Crippen molar-refractivity contribution < 1.29 is 9.18 Å². The van der Waals surface area contributed by atoms with Crippen LogP contribution in [0, 0.1) is 5.82 Å². The van der Waals surface area contributed by atoms with Gasteiger partial charge in [0.15, 0.2) is 0 Å². The predicted molar refractivity (Wildman–Crippen MR) is 101 cm³/mol. The van der Waals surface area contributed by atoms with E-state index in [0.29, 0.717) is 25.3 Å². The van der Waals surface area contributed by atoms with E-state index in [-0.39, 0.29) is 23.8 Å². The van der Waals surface area contributed by atoms with Gasteiger partial charge in [-0.1, -0.05) is 12.1 Å². The monoisotopic (exact) mass is 355 g/mol. The summed E-state index contributed by atoms with van der Waals surface area (Å²) in [5.41, 5.74) is 2.25. The maximum atomic E-state index is 13.1. The van der Waals surface area contributed by atoms with Gasteiger partial charge in [0.1, 0.15) is 5.82 Å². The highest BCUT2D eigenvalue weighted by atomic mass is 19.1. The molecule has 0 saturated heterocycles. The first kappa shape index (κ1) is 17.9. The molecule has 0 N–H and O–H groups in total. The van der Waals surface area contributed by atoms with Crippen molar-refractivity contribution in [2.24, 2.45) is 0 Å². The Morgan fingerprint density at radius 3 is 2.19 bits per heavy atom. The molecule has 0 saturated carbocycles. The first-order chi connectivity index (χ1) is 12.6. The van der Waals surface area contributed by atoms with Crippen molar-refractivity contribution in [3.05, 3.63) is 64.8 Å². The van der Waals surface area contributed by atoms with Crippen molar-refractivity contribution >= 4 is 22.6 Å². The van der Waals surface area contributed by atoms with E-state index in [1.54, 1.807) is 26.2 Å². The summed E-state index contributed by atoms with van der Waals surface area (Å²) < 4.78 is 16.5. The molecule has 0 aliphatic heterocycles. The molecule has 0 bridgehead atoms. The fraction of sp³-hybridized carbons (Fsp3) is 0.300. The lowest BCUT2D eigenvalue weighted by molar-refractivity contribution is -0.118. The number of carbonyl (C=O) groups excluding carboxylic acids is 1. The third kappa shape index (κ3) is 3.27. The fourth-order valence-corrected chi connectivity index (χ4v) is 3.26. The summed E-state index contributed by atoms with van der Waals surface area (Å²) in [7, 11) is 0. The maximum absolute atomic E-state index is 13.1. The minimum atomic E-state index is -0.337. The van der Waals surface area contributed by atoms with Gasteiger partial charge in [-0.2, -0.15) is 0 Å². The van der Waals surface area contributed by atoms with Gasteiger partial charge in [-0.15, -0.1) is 0 Å². The zero-order chi connectivity index (χ0) is 18.7. The molecule has 0 spiro atoms. The number of carbonyl (C=O) groups is 1. The molecule has 6 heteroatoms. The summed E-state index contributed by atoms with van der Waals surface area (Å²) in [4.78, 5) is 26.9. The van der Waals surface area contributed by atoms with E-state index in [1.165, 1.54) is 12.1 Å². The van der Waals surface area contributed by atoms with E-state index in [9.17, 15) is 14.0 Å². The van der Waals surface area contributed by atoms with E-state index in [1.807, 2.05) is 38.1 Å². The summed E-state index contributed by atoms with van der Waals surface area (Å²) >= 11 is 0. The van der Waals surface area contributed by atoms with Crippen LogP contribution in [-0.2, 0) is 17.9 Å². The Bertz CT molecular complexity index is 973. The van der Waals surface area contributed by atoms with Crippen molar-refractivity contribution in [1.29, 1.82) is 0 Å². The van der Waals surface area contributed by atoms with Crippen molar-refractivity contribution in [2.45, 2.75) is 33.4 Å². The summed E-state index contributed by atoms with van der Waals surface area (Å²) in [6.07, 6.45) is 0.197. The van der Waals surface area contributed by atoms with Crippen LogP contribution in [0.5, 0.6) is 0 Å². The summed E-state index contributed by atoms with van der Waals surface area (Å²) in [5, 5.41) is 0. The molecule has 1 heterocycles. The van der Waals surface area contributed by atoms with Crippen LogP contribution in [0.15, 0.2) is 53.3 Å². The van der Waals surface area contributed by atoms with Crippen LogP contribution >= 0.6 is 0 Å². The highest BCUT2D eigenvalue weighted by Gasteiger charge is 2.17. The highest BCUT2D eigenvalue weighted by Crippen LogP contribution is 2.17. The number of anilines is 1. The molecule has 2 aromatic carbocycles. The molecule has 1 amide bonds. The number of aryl methyl sites for hydroxylation is 2. The molecule has 5 nitrogen and oxygen atoms in total. The highest BCUT2D eigenvalue weighted by molar-refractivity contribution is 5.93. The van der Waals surface area contributed by atoms with Crippen molar-refractivity contribution in [2.75, 3.05) is 11.4 Å². The molecule has 26 heavy (non-hydrogen) atoms. The molecule has 1 aromatic heterocycles. The molecule has 136 valence electrons. The van der Waals surface area contributed by atoms with Crippen LogP contribution in [0.25, 0.3) is 11.0 Å². The van der Waals surface area contributed by atoms with E-state index in [0.717, 1.165) is 11.0 Å². The van der Waals surface area contributed by atoms with Gasteiger partial charge in [0.05, 0.1) is 11.0 Å². The number of fused-ring (bicyclic) bond motifs is 1. The topological polar surface area (TPSA) is 47.2 Å². The fourth-order valence-electron chi connectivity index (χ4n) is 3.26. The molecule has 0 atom stereocenters. The quantitative estimate of drug-likeness (QED) is 0.680. The Labute approximate surface area is 151 Å². The summed E-state index contributed by atoms with van der Waals surface area (Å²) in [5.74, 6) is -0.435. The third-order valence-corrected chi connectivity index (χ3v) is 4.55. The minimum Gasteiger partial charge on any atom is -0.313 e. The Balaban J connectivity index is 1.83. The number of aromatic nitrogens is 2. The third-order valence-electron chi connectivity index (χ3n) is 4.55. The molecular weight excluding hydrogens is 333 g/mol. The normalized spacial score (nSPS) is 11.0. The molecule has 0 radical (unpaired) electrons. The van der Waals surface area contributed by atoms with Gasteiger partial charge < -0.3 is 4.90 Å². The minimum absolute atomic E-state index is 0.0978. The maximum Gasteiger partial charge on any atom is 0.329 e. The smallest absolute Gasteiger partial charge is 0.313 e. The molecule has 3 aromatic rings. The van der Waals surface area contributed by atoms with Crippen LogP contribution in [0.2, 0.25) is 0 Å². The Hall–Kier alpha value is -2.89. The van der Waals surface area contributed by atoms with E-state index in [2.05, 4.69) is 0 Å². The van der Waals surface area contributed by atoms with Crippen LogP contribution in [0.4, 0.5) is 10.1 Å². The summed E-state index contributed by atoms with van der Waals surface area (Å²) in [6.45, 7) is 5.17. The number of nitrogens with zero attached hydrogens (tertiary/aromatic N) is 3. The molecule has 3 rings (SSSR count). The number of imidazole rings is 1. The van der Waals surface area contributed by atoms with Crippen LogP contribution in [0.3, 0.4) is 0 Å². The lowest BCUT2D eigenvalue weighted by Crippen LogP contribution is -2.32. The molecule has 0 aliphatic rings. The van der Waals surface area contributed by atoms with Gasteiger partial charge >= 0.3 is 5.69 Å². The molecule has 0 aliphatic carbocycles. The molecular formula is C20H22FN3O2. The van der Waals surface area contributed by atoms with Crippen LogP contribution in [0.1, 0.15) is 20.3 Å². The van der Waals surface area contributed by atoms with E-state index >= 15 is 0 Å². The second-order valence-electron chi connectivity index (χ2n) is 6.03. The van der Waals surface area contributed by atoms with Crippen molar-refractivity contribution in [3.63, 3.8) is 0 Å². The Morgan fingerprint density at radius 2 is 1.62 bits per heavy atom. The van der Waals surface area contributed by atoms with Gasteiger partial charge in [-0.3, -0.25) is 13.9 Å². The average Bonchev–Trinajstić information content (AvgIpc) is 2.93. The first-order valence-corrected chi connectivity index (χ1v) is 8.80. The van der Waals surface area contributed by atoms with Gasteiger partial charge in [-0.05, 0) is 50.2 Å². The summed E-state index contributed by atoms with van der Waals surface area (Å²) in [6, 6.07) is 13.4. The van der Waals surface area contributed by atoms with E-state index < -0.39 is 0 Å². The Morgan fingerprint density at radius 1 is 1.00 bits per heavy atom. The number of amides is 1. The first-order valence-electron chi connectivity index (χ1n) is 8.80. The van der Waals surface area contributed by atoms with Gasteiger partial charge in [0.2, 0.25) is 5.91 Å². The number of halogens is 1. The zero-order valence-corrected chi connectivity index (χ0v) is 15.0. The SMILES string of the molecule is CCN(C(=O)CCn1c(=O)n(CC)c2ccccc21)c1ccc(F)cc1. The van der Waals surface area contributed by atoms with Gasteiger partial charge in [0.25, 0.3) is 0 Å². The number of hydrogen-bond acceptors (Lipinski definition) is 2. The number of rotatable bonds is 6. The standard InChI is InChI=1S/C20H22FN3O2/c1-3-22(16-11-9-15(21)10-12-16)19(25)13-14-24-18-8-6-5-7-17(18)23(4-2)20(24)26/h5-12H,3-4,13-14H2,1-2H3. The molecule has 0 fully saturated rings. The number of para-hydroxylation sites is 2. The van der Waals surface area contributed by atoms with E-state index in [4.69, 9.17) is 0 Å². The van der Waals surface area contributed by atoms with Crippen LogP contribution in [-0.4, -0.2) is 21.6 Å². The second-order valence-corrected chi connectivity index (χ2v) is 6.03. The van der Waals surface area contributed by atoms with Crippen LogP contribution < -0.4 is 10.6 Å². The predicted octanol–water partition coefficient (Wildman–Crippen LogP) is 3.41. The Kier molecular flexibility index (Phi) is 5.21. The zero-order valence-electron chi connectivity index (χ0n) is 15.0. The lowest BCUT2D eigenvalue weighted by Gasteiger charge is -2.21. The largest absolute Gasteiger partial charge is 0.329 e. The molecule has 0 unspecified atom stereocenters. The van der Waals surface area contributed by atoms with Gasteiger partial charge in [-0.25, -0.2) is 9.18 Å². The number of benzene rings is 2. The van der Waals surface area contributed by atoms with Crippen molar-refractivity contribution in [1.82, 2.24) is 9.13 Å².